The lowest BCUT2D eigenvalue weighted by molar-refractivity contribution is 0.0948. The molecular formula is C21H21N3O3. The van der Waals surface area contributed by atoms with Gasteiger partial charge in [0.25, 0.3) is 11.5 Å². The summed E-state index contributed by atoms with van der Waals surface area (Å²) < 4.78 is 5.13. The second kappa shape index (κ2) is 8.80. The van der Waals surface area contributed by atoms with Crippen molar-refractivity contribution in [1.82, 2.24) is 15.3 Å². The predicted molar refractivity (Wildman–Crippen MR) is 103 cm³/mol. The van der Waals surface area contributed by atoms with Crippen molar-refractivity contribution in [2.24, 2.45) is 0 Å². The van der Waals surface area contributed by atoms with Crippen LogP contribution in [0.5, 0.6) is 5.75 Å². The normalized spacial score (nSPS) is 10.4. The van der Waals surface area contributed by atoms with Gasteiger partial charge < -0.3 is 15.0 Å². The molecule has 0 atom stereocenters. The van der Waals surface area contributed by atoms with Crippen molar-refractivity contribution >= 4 is 5.91 Å². The first-order chi connectivity index (χ1) is 13.1. The third-order valence-electron chi connectivity index (χ3n) is 4.10. The van der Waals surface area contributed by atoms with E-state index in [1.165, 1.54) is 6.07 Å². The van der Waals surface area contributed by atoms with E-state index < -0.39 is 0 Å². The number of carbonyl (C=O) groups excluding carboxylic acids is 1. The van der Waals surface area contributed by atoms with Crippen LogP contribution in [0.3, 0.4) is 0 Å². The minimum absolute atomic E-state index is 0.121. The summed E-state index contributed by atoms with van der Waals surface area (Å²) in [6, 6.07) is 18.6. The molecule has 0 aliphatic heterocycles. The molecule has 0 unspecified atom stereocenters. The summed E-state index contributed by atoms with van der Waals surface area (Å²) in [7, 11) is 1.61. The van der Waals surface area contributed by atoms with Crippen LogP contribution in [-0.2, 0) is 12.8 Å². The van der Waals surface area contributed by atoms with Crippen LogP contribution in [0.4, 0.5) is 0 Å². The van der Waals surface area contributed by atoms with E-state index >= 15 is 0 Å². The van der Waals surface area contributed by atoms with Gasteiger partial charge in [-0.05, 0) is 29.7 Å². The van der Waals surface area contributed by atoms with Crippen LogP contribution in [0.2, 0.25) is 0 Å². The fourth-order valence-corrected chi connectivity index (χ4v) is 2.70. The van der Waals surface area contributed by atoms with Crippen LogP contribution >= 0.6 is 0 Å². The number of benzene rings is 2. The Balaban J connectivity index is 1.64. The molecule has 2 aromatic carbocycles. The molecule has 1 aromatic heterocycles. The topological polar surface area (TPSA) is 84.1 Å². The van der Waals surface area contributed by atoms with E-state index in [1.807, 2.05) is 54.6 Å². The van der Waals surface area contributed by atoms with Crippen LogP contribution in [0.25, 0.3) is 0 Å². The number of carbonyl (C=O) groups is 1. The molecular weight excluding hydrogens is 342 g/mol. The van der Waals surface area contributed by atoms with Gasteiger partial charge in [0.15, 0.2) is 0 Å². The standard InChI is InChI=1S/C21H21N3O3/c1-27-17-9-7-16(8-10-17)13-19-23-18(14-20(25)24-19)21(26)22-12-11-15-5-3-2-4-6-15/h2-10,14H,11-13H2,1H3,(H,22,26)(H,23,24,25). The van der Waals surface area contributed by atoms with E-state index in [-0.39, 0.29) is 17.2 Å². The number of ether oxygens (including phenoxy) is 1. The zero-order valence-electron chi connectivity index (χ0n) is 15.1. The van der Waals surface area contributed by atoms with Gasteiger partial charge in [0, 0.05) is 19.0 Å². The molecule has 0 saturated carbocycles. The molecule has 0 radical (unpaired) electrons. The van der Waals surface area contributed by atoms with E-state index in [4.69, 9.17) is 4.74 Å². The first-order valence-corrected chi connectivity index (χ1v) is 8.69. The van der Waals surface area contributed by atoms with Gasteiger partial charge in [-0.2, -0.15) is 0 Å². The largest absolute Gasteiger partial charge is 0.497 e. The van der Waals surface area contributed by atoms with Gasteiger partial charge in [-0.25, -0.2) is 4.98 Å². The second-order valence-electron chi connectivity index (χ2n) is 6.09. The van der Waals surface area contributed by atoms with E-state index in [1.54, 1.807) is 7.11 Å². The summed E-state index contributed by atoms with van der Waals surface area (Å²) >= 11 is 0. The number of nitrogens with zero attached hydrogens (tertiary/aromatic N) is 1. The number of nitrogens with one attached hydrogen (secondary N) is 2. The van der Waals surface area contributed by atoms with Crippen LogP contribution in [0.15, 0.2) is 65.5 Å². The number of aromatic amines is 1. The number of amides is 1. The SMILES string of the molecule is COc1ccc(Cc2nc(C(=O)NCCc3ccccc3)cc(=O)[nH]2)cc1. The number of hydrogen-bond acceptors (Lipinski definition) is 4. The average molecular weight is 363 g/mol. The molecule has 0 fully saturated rings. The predicted octanol–water partition coefficient (Wildman–Crippen LogP) is 2.34. The molecule has 1 amide bonds. The molecule has 0 aliphatic rings. The molecule has 138 valence electrons. The fourth-order valence-electron chi connectivity index (χ4n) is 2.70. The maximum absolute atomic E-state index is 12.3. The van der Waals surface area contributed by atoms with Gasteiger partial charge in [-0.15, -0.1) is 0 Å². The fraction of sp³-hybridized carbons (Fsp3) is 0.190. The lowest BCUT2D eigenvalue weighted by Gasteiger charge is -2.07. The van der Waals surface area contributed by atoms with Crippen LogP contribution < -0.4 is 15.6 Å². The van der Waals surface area contributed by atoms with Crippen molar-refractivity contribution in [2.45, 2.75) is 12.8 Å². The third-order valence-corrected chi connectivity index (χ3v) is 4.10. The van der Waals surface area contributed by atoms with Crippen LogP contribution in [-0.4, -0.2) is 29.5 Å². The van der Waals surface area contributed by atoms with Gasteiger partial charge in [0.05, 0.1) is 7.11 Å². The molecule has 6 nitrogen and oxygen atoms in total. The van der Waals surface area contributed by atoms with Crippen LogP contribution in [0, 0.1) is 0 Å². The quantitative estimate of drug-likeness (QED) is 0.675. The Hall–Kier alpha value is -3.41. The second-order valence-corrected chi connectivity index (χ2v) is 6.09. The molecule has 0 aliphatic carbocycles. The molecule has 0 bridgehead atoms. The van der Waals surface area contributed by atoms with E-state index in [0.717, 1.165) is 16.9 Å². The van der Waals surface area contributed by atoms with Gasteiger partial charge in [0.1, 0.15) is 17.3 Å². The number of hydrogen-bond donors (Lipinski definition) is 2. The summed E-state index contributed by atoms with van der Waals surface area (Å²) in [5.41, 5.74) is 1.87. The van der Waals surface area contributed by atoms with Crippen molar-refractivity contribution in [3.05, 3.63) is 93.7 Å². The Bertz CT molecular complexity index is 950. The van der Waals surface area contributed by atoms with E-state index in [0.29, 0.717) is 25.2 Å². The van der Waals surface area contributed by atoms with E-state index in [2.05, 4.69) is 15.3 Å². The average Bonchev–Trinajstić information content (AvgIpc) is 2.69. The first-order valence-electron chi connectivity index (χ1n) is 8.69. The van der Waals surface area contributed by atoms with Crippen molar-refractivity contribution in [3.8, 4) is 5.75 Å². The zero-order chi connectivity index (χ0) is 19.1. The van der Waals surface area contributed by atoms with E-state index in [9.17, 15) is 9.59 Å². The summed E-state index contributed by atoms with van der Waals surface area (Å²) in [4.78, 5) is 31.2. The maximum atomic E-state index is 12.3. The van der Waals surface area contributed by atoms with Gasteiger partial charge in [-0.3, -0.25) is 9.59 Å². The lowest BCUT2D eigenvalue weighted by Crippen LogP contribution is -2.28. The van der Waals surface area contributed by atoms with Crippen molar-refractivity contribution in [1.29, 1.82) is 0 Å². The molecule has 27 heavy (non-hydrogen) atoms. The minimum atomic E-state index is -0.354. The Kier molecular flexibility index (Phi) is 5.99. The van der Waals surface area contributed by atoms with Gasteiger partial charge >= 0.3 is 0 Å². The van der Waals surface area contributed by atoms with Crippen molar-refractivity contribution in [2.75, 3.05) is 13.7 Å². The molecule has 3 rings (SSSR count). The summed E-state index contributed by atoms with van der Waals surface area (Å²) in [5, 5.41) is 2.81. The zero-order valence-corrected chi connectivity index (χ0v) is 15.1. The molecule has 2 N–H and O–H groups in total. The Morgan fingerprint density at radius 2 is 1.81 bits per heavy atom. The maximum Gasteiger partial charge on any atom is 0.270 e. The summed E-state index contributed by atoms with van der Waals surface area (Å²) in [6.45, 7) is 0.477. The molecule has 0 saturated heterocycles. The molecule has 1 heterocycles. The summed E-state index contributed by atoms with van der Waals surface area (Å²) in [5.74, 6) is 0.848. The highest BCUT2D eigenvalue weighted by Crippen LogP contribution is 2.13. The Morgan fingerprint density at radius 3 is 2.52 bits per heavy atom. The molecule has 6 heteroatoms. The highest BCUT2D eigenvalue weighted by molar-refractivity contribution is 5.92. The van der Waals surface area contributed by atoms with Crippen LogP contribution in [0.1, 0.15) is 27.4 Å². The number of rotatable bonds is 7. The first kappa shape index (κ1) is 18.4. The van der Waals surface area contributed by atoms with Gasteiger partial charge in [-0.1, -0.05) is 42.5 Å². The number of methoxy groups -OCH3 is 1. The highest BCUT2D eigenvalue weighted by Gasteiger charge is 2.10. The summed E-state index contributed by atoms with van der Waals surface area (Å²) in [6.07, 6.45) is 1.14. The smallest absolute Gasteiger partial charge is 0.270 e. The number of H-pyrrole nitrogens is 1. The van der Waals surface area contributed by atoms with Crippen molar-refractivity contribution in [3.63, 3.8) is 0 Å². The highest BCUT2D eigenvalue weighted by atomic mass is 16.5. The van der Waals surface area contributed by atoms with Gasteiger partial charge in [0.2, 0.25) is 0 Å². The Morgan fingerprint density at radius 1 is 1.07 bits per heavy atom. The molecule has 0 spiro atoms. The molecule has 3 aromatic rings. The monoisotopic (exact) mass is 363 g/mol. The minimum Gasteiger partial charge on any atom is -0.497 e. The third kappa shape index (κ3) is 5.28. The van der Waals surface area contributed by atoms with Crippen molar-refractivity contribution < 1.29 is 9.53 Å². The number of aromatic nitrogens is 2. The lowest BCUT2D eigenvalue weighted by atomic mass is 10.1. The Labute approximate surface area is 157 Å².